The predicted octanol–water partition coefficient (Wildman–Crippen LogP) is 6.40. The normalized spacial score (nSPS) is 51.5. The van der Waals surface area contributed by atoms with Gasteiger partial charge in [-0.05, 0) is 105 Å². The monoisotopic (exact) mass is 470 g/mol. The van der Waals surface area contributed by atoms with Crippen LogP contribution in [0.4, 0.5) is 0 Å². The van der Waals surface area contributed by atoms with Crippen LogP contribution < -0.4 is 0 Å². The van der Waals surface area contributed by atoms with E-state index in [9.17, 15) is 14.4 Å². The molecule has 0 aromatic carbocycles. The van der Waals surface area contributed by atoms with E-state index >= 15 is 0 Å². The number of ether oxygens (including phenoxy) is 1. The lowest BCUT2D eigenvalue weighted by molar-refractivity contribution is -0.236. The second kappa shape index (κ2) is 7.42. The van der Waals surface area contributed by atoms with Crippen LogP contribution in [-0.2, 0) is 19.1 Å². The molecule has 0 amide bonds. The maximum Gasteiger partial charge on any atom is 0.312 e. The zero-order valence-electron chi connectivity index (χ0n) is 22.6. The summed E-state index contributed by atoms with van der Waals surface area (Å²) >= 11 is 0. The topological polar surface area (TPSA) is 60.4 Å². The average Bonchev–Trinajstić information content (AvgIpc) is 3.18. The maximum atomic E-state index is 13.3. The van der Waals surface area contributed by atoms with E-state index in [1.165, 1.54) is 7.11 Å². The minimum Gasteiger partial charge on any atom is -0.469 e. The molecule has 5 aliphatic carbocycles. The Morgan fingerprint density at radius 1 is 0.824 bits per heavy atom. The van der Waals surface area contributed by atoms with Gasteiger partial charge in [0.1, 0.15) is 11.6 Å². The largest absolute Gasteiger partial charge is 0.469 e. The van der Waals surface area contributed by atoms with Crippen molar-refractivity contribution in [2.45, 2.75) is 106 Å². The molecule has 9 atom stereocenters. The third-order valence-corrected chi connectivity index (χ3v) is 13.3. The Balaban J connectivity index is 1.57. The highest BCUT2D eigenvalue weighted by Crippen LogP contribution is 2.77. The molecule has 0 bridgehead atoms. The smallest absolute Gasteiger partial charge is 0.312 e. The van der Waals surface area contributed by atoms with Crippen molar-refractivity contribution in [2.75, 3.05) is 7.11 Å². The van der Waals surface area contributed by atoms with Crippen LogP contribution in [0.5, 0.6) is 0 Å². The van der Waals surface area contributed by atoms with Gasteiger partial charge in [0, 0.05) is 17.8 Å². The summed E-state index contributed by atoms with van der Waals surface area (Å²) in [5, 5.41) is 0. The summed E-state index contributed by atoms with van der Waals surface area (Å²) in [5.41, 5.74) is -0.243. The maximum absolute atomic E-state index is 13.3. The van der Waals surface area contributed by atoms with Crippen LogP contribution in [0.25, 0.3) is 0 Å². The highest BCUT2D eigenvalue weighted by Gasteiger charge is 2.72. The van der Waals surface area contributed by atoms with Gasteiger partial charge in [-0.3, -0.25) is 14.4 Å². The van der Waals surface area contributed by atoms with Gasteiger partial charge in [-0.1, -0.05) is 34.6 Å². The van der Waals surface area contributed by atoms with Gasteiger partial charge >= 0.3 is 5.97 Å². The molecular weight excluding hydrogens is 424 g/mol. The molecule has 4 heteroatoms. The highest BCUT2D eigenvalue weighted by molar-refractivity contribution is 5.85. The van der Waals surface area contributed by atoms with Gasteiger partial charge in [0.2, 0.25) is 0 Å². The van der Waals surface area contributed by atoms with Crippen LogP contribution in [0.15, 0.2) is 0 Å². The molecule has 0 radical (unpaired) electrons. The molecule has 5 aliphatic rings. The van der Waals surface area contributed by atoms with Gasteiger partial charge in [0.05, 0.1) is 12.5 Å². The Morgan fingerprint density at radius 3 is 2.18 bits per heavy atom. The number of Topliss-reactive ketones (excluding diaryl/α,β-unsaturated/α-hetero) is 2. The fraction of sp³-hybridized carbons (Fsp3) is 0.900. The molecule has 0 aromatic heterocycles. The molecular formula is C30H46O4. The quantitative estimate of drug-likeness (QED) is 0.438. The number of rotatable bonds is 2. The number of ketones is 2. The van der Waals surface area contributed by atoms with E-state index in [0.29, 0.717) is 30.0 Å². The fourth-order valence-corrected chi connectivity index (χ4v) is 11.4. The molecule has 0 heterocycles. The predicted molar refractivity (Wildman–Crippen MR) is 132 cm³/mol. The van der Waals surface area contributed by atoms with E-state index < -0.39 is 5.41 Å². The third kappa shape index (κ3) is 2.75. The van der Waals surface area contributed by atoms with Crippen molar-refractivity contribution in [1.82, 2.24) is 0 Å². The van der Waals surface area contributed by atoms with Gasteiger partial charge in [-0.2, -0.15) is 0 Å². The van der Waals surface area contributed by atoms with Gasteiger partial charge in [0.25, 0.3) is 0 Å². The van der Waals surface area contributed by atoms with Gasteiger partial charge in [-0.25, -0.2) is 0 Å². The standard InChI is InChI=1S/C30H46O4/c1-18(31)19-10-15-30(25(33)34-7)17-16-28(5)20(24(19)30)8-9-22-27(4)13-12-23(32)26(2,3)21(27)11-14-29(22,28)6/h19-22,24H,8-17H2,1-7H3/t19-,20+,21?,22?,24?,27-,28+,29+,30-/m0/s1. The number of carbonyl (C=O) groups excluding carboxylic acids is 3. The molecule has 0 aromatic rings. The van der Waals surface area contributed by atoms with Crippen LogP contribution >= 0.6 is 0 Å². The molecule has 34 heavy (non-hydrogen) atoms. The molecule has 5 saturated carbocycles. The SMILES string of the molecule is COC(=O)[C@]12CC[C@@H](C(C)=O)C1[C@H]1CCC3[C@@]4(C)CCC(=O)C(C)(C)C4CC[C@@]3(C)[C@]1(C)CC2. The number of methoxy groups -OCH3 is 1. The van der Waals surface area contributed by atoms with Crippen LogP contribution in [0.3, 0.4) is 0 Å². The second-order valence-corrected chi connectivity index (χ2v) is 14.2. The Bertz CT molecular complexity index is 921. The number of hydrogen-bond donors (Lipinski definition) is 0. The van der Waals surface area contributed by atoms with E-state index in [1.54, 1.807) is 6.92 Å². The number of esters is 1. The zero-order valence-corrected chi connectivity index (χ0v) is 22.6. The van der Waals surface area contributed by atoms with Gasteiger partial charge < -0.3 is 4.74 Å². The van der Waals surface area contributed by atoms with E-state index in [2.05, 4.69) is 34.6 Å². The molecule has 0 saturated heterocycles. The van der Waals surface area contributed by atoms with Crippen molar-refractivity contribution >= 4 is 17.5 Å². The number of carbonyl (C=O) groups is 3. The van der Waals surface area contributed by atoms with Crippen LogP contribution in [0.1, 0.15) is 106 Å². The lowest BCUT2D eigenvalue weighted by Gasteiger charge is -2.72. The Labute approximate surface area is 206 Å². The van der Waals surface area contributed by atoms with Crippen LogP contribution in [0.2, 0.25) is 0 Å². The third-order valence-electron chi connectivity index (χ3n) is 13.3. The van der Waals surface area contributed by atoms with E-state index in [1.807, 2.05) is 0 Å². The summed E-state index contributed by atoms with van der Waals surface area (Å²) in [4.78, 5) is 39.0. The first kappa shape index (κ1) is 24.5. The molecule has 190 valence electrons. The first-order chi connectivity index (χ1) is 15.8. The van der Waals surface area contributed by atoms with Crippen molar-refractivity contribution in [1.29, 1.82) is 0 Å². The first-order valence-electron chi connectivity index (χ1n) is 13.9. The van der Waals surface area contributed by atoms with E-state index in [-0.39, 0.29) is 45.2 Å². The summed E-state index contributed by atoms with van der Waals surface area (Å²) in [6, 6.07) is 0. The Kier molecular flexibility index (Phi) is 5.34. The average molecular weight is 471 g/mol. The number of fused-ring (bicyclic) bond motifs is 7. The lowest BCUT2D eigenvalue weighted by atomic mass is 9.32. The minimum atomic E-state index is -0.473. The molecule has 5 fully saturated rings. The molecule has 3 unspecified atom stereocenters. The minimum absolute atomic E-state index is 0.0120. The second-order valence-electron chi connectivity index (χ2n) is 14.2. The molecule has 0 aliphatic heterocycles. The summed E-state index contributed by atoms with van der Waals surface area (Å²) in [5.74, 6) is 2.18. The summed E-state index contributed by atoms with van der Waals surface area (Å²) < 4.78 is 5.40. The Hall–Kier alpha value is -1.19. The van der Waals surface area contributed by atoms with Gasteiger partial charge in [-0.15, -0.1) is 0 Å². The van der Waals surface area contributed by atoms with Crippen molar-refractivity contribution in [3.63, 3.8) is 0 Å². The van der Waals surface area contributed by atoms with Crippen molar-refractivity contribution in [3.05, 3.63) is 0 Å². The van der Waals surface area contributed by atoms with Crippen molar-refractivity contribution < 1.29 is 19.1 Å². The van der Waals surface area contributed by atoms with Crippen molar-refractivity contribution in [3.8, 4) is 0 Å². The highest BCUT2D eigenvalue weighted by atomic mass is 16.5. The zero-order chi connectivity index (χ0) is 24.9. The number of hydrogen-bond acceptors (Lipinski definition) is 4. The molecule has 0 N–H and O–H groups in total. The molecule has 0 spiro atoms. The van der Waals surface area contributed by atoms with Crippen LogP contribution in [0, 0.1) is 56.7 Å². The fourth-order valence-electron chi connectivity index (χ4n) is 11.4. The molecule has 4 nitrogen and oxygen atoms in total. The summed E-state index contributed by atoms with van der Waals surface area (Å²) in [7, 11) is 1.52. The van der Waals surface area contributed by atoms with Crippen LogP contribution in [-0.4, -0.2) is 24.6 Å². The van der Waals surface area contributed by atoms with E-state index in [4.69, 9.17) is 4.74 Å². The van der Waals surface area contributed by atoms with Crippen molar-refractivity contribution in [2.24, 2.45) is 56.7 Å². The van der Waals surface area contributed by atoms with Gasteiger partial charge in [0.15, 0.2) is 0 Å². The van der Waals surface area contributed by atoms with E-state index in [0.717, 1.165) is 57.8 Å². The molecule has 5 rings (SSSR count). The Morgan fingerprint density at radius 2 is 1.53 bits per heavy atom. The lowest BCUT2D eigenvalue weighted by Crippen LogP contribution is -2.66. The summed E-state index contributed by atoms with van der Waals surface area (Å²) in [6.07, 6.45) is 9.80. The first-order valence-corrected chi connectivity index (χ1v) is 13.9. The summed E-state index contributed by atoms with van der Waals surface area (Å²) in [6.45, 7) is 13.7.